The van der Waals surface area contributed by atoms with Crippen LogP contribution in [0.4, 0.5) is 0 Å². The number of piperidine rings is 1. The second-order valence-electron chi connectivity index (χ2n) is 5.49. The Morgan fingerprint density at radius 2 is 2.00 bits per heavy atom. The summed E-state index contributed by atoms with van der Waals surface area (Å²) in [6.45, 7) is 12.0. The lowest BCUT2D eigenvalue weighted by molar-refractivity contribution is 0.0950. The summed E-state index contributed by atoms with van der Waals surface area (Å²) in [6, 6.07) is 0. The molecule has 2 atom stereocenters. The van der Waals surface area contributed by atoms with Crippen molar-refractivity contribution >= 4 is 0 Å². The van der Waals surface area contributed by atoms with E-state index in [0.717, 1.165) is 11.8 Å². The molecule has 14 heavy (non-hydrogen) atoms. The van der Waals surface area contributed by atoms with Crippen LogP contribution in [-0.4, -0.2) is 13.1 Å². The maximum Gasteiger partial charge on any atom is -0.00128 e. The minimum absolute atomic E-state index is 0.521. The van der Waals surface area contributed by atoms with Crippen LogP contribution in [0.5, 0.6) is 0 Å². The van der Waals surface area contributed by atoms with Crippen molar-refractivity contribution in [3.63, 3.8) is 0 Å². The van der Waals surface area contributed by atoms with Crippen LogP contribution < -0.4 is 5.32 Å². The van der Waals surface area contributed by atoms with Crippen LogP contribution in [0.15, 0.2) is 0 Å². The monoisotopic (exact) mass is 197 g/mol. The molecule has 1 N–H and O–H groups in total. The van der Waals surface area contributed by atoms with Crippen molar-refractivity contribution in [3.8, 4) is 0 Å². The van der Waals surface area contributed by atoms with Crippen molar-refractivity contribution in [1.82, 2.24) is 5.32 Å². The smallest absolute Gasteiger partial charge is 0.00128 e. The van der Waals surface area contributed by atoms with Gasteiger partial charge in [-0.3, -0.25) is 0 Å². The summed E-state index contributed by atoms with van der Waals surface area (Å²) in [5.74, 6) is 1.86. The quantitative estimate of drug-likeness (QED) is 0.728. The van der Waals surface area contributed by atoms with Crippen molar-refractivity contribution in [2.45, 2.75) is 53.4 Å². The van der Waals surface area contributed by atoms with Crippen molar-refractivity contribution < 1.29 is 0 Å². The van der Waals surface area contributed by atoms with Gasteiger partial charge in [0.25, 0.3) is 0 Å². The first-order valence-corrected chi connectivity index (χ1v) is 6.32. The predicted octanol–water partition coefficient (Wildman–Crippen LogP) is 3.45. The van der Waals surface area contributed by atoms with E-state index >= 15 is 0 Å². The molecule has 0 aromatic rings. The highest BCUT2D eigenvalue weighted by atomic mass is 14.9. The second kappa shape index (κ2) is 5.16. The molecule has 0 spiro atoms. The molecular weight excluding hydrogens is 170 g/mol. The van der Waals surface area contributed by atoms with Crippen LogP contribution in [0, 0.1) is 17.3 Å². The van der Waals surface area contributed by atoms with Crippen molar-refractivity contribution in [3.05, 3.63) is 0 Å². The third-order valence-corrected chi connectivity index (χ3v) is 4.20. The molecule has 0 aliphatic carbocycles. The maximum atomic E-state index is 3.56. The zero-order valence-electron chi connectivity index (χ0n) is 10.4. The molecule has 1 aliphatic rings. The average Bonchev–Trinajstić information content (AvgIpc) is 2.19. The van der Waals surface area contributed by atoms with Gasteiger partial charge in [0.05, 0.1) is 0 Å². The molecule has 0 aromatic carbocycles. The minimum atomic E-state index is 0.521. The Morgan fingerprint density at radius 3 is 2.57 bits per heavy atom. The fraction of sp³-hybridized carbons (Fsp3) is 1.00. The lowest BCUT2D eigenvalue weighted by atomic mass is 9.67. The Balaban J connectivity index is 2.61. The highest BCUT2D eigenvalue weighted by molar-refractivity contribution is 4.87. The van der Waals surface area contributed by atoms with Gasteiger partial charge < -0.3 is 5.32 Å². The maximum absolute atomic E-state index is 3.56. The van der Waals surface area contributed by atoms with Gasteiger partial charge in [0.2, 0.25) is 0 Å². The summed E-state index contributed by atoms with van der Waals surface area (Å²) in [5.41, 5.74) is 0.521. The molecule has 1 heteroatoms. The number of nitrogens with one attached hydrogen (secondary N) is 1. The highest BCUT2D eigenvalue weighted by Crippen LogP contribution is 2.39. The lowest BCUT2D eigenvalue weighted by Crippen LogP contribution is -2.43. The van der Waals surface area contributed by atoms with Gasteiger partial charge in [0.1, 0.15) is 0 Å². The van der Waals surface area contributed by atoms with Gasteiger partial charge in [-0.2, -0.15) is 0 Å². The Kier molecular flexibility index (Phi) is 4.43. The first kappa shape index (κ1) is 12.0. The summed E-state index contributed by atoms with van der Waals surface area (Å²) < 4.78 is 0. The molecule has 0 radical (unpaired) electrons. The van der Waals surface area contributed by atoms with Gasteiger partial charge in [0, 0.05) is 0 Å². The van der Waals surface area contributed by atoms with Crippen LogP contribution >= 0.6 is 0 Å². The molecule has 1 rings (SSSR count). The topological polar surface area (TPSA) is 12.0 Å². The normalized spacial score (nSPS) is 29.1. The van der Waals surface area contributed by atoms with E-state index in [2.05, 4.69) is 33.0 Å². The third kappa shape index (κ3) is 2.73. The fourth-order valence-corrected chi connectivity index (χ4v) is 2.81. The third-order valence-electron chi connectivity index (χ3n) is 4.20. The first-order chi connectivity index (χ1) is 6.61. The molecule has 0 bridgehead atoms. The molecule has 1 saturated heterocycles. The molecule has 1 nitrogen and oxygen atoms in total. The van der Waals surface area contributed by atoms with Crippen molar-refractivity contribution in [2.75, 3.05) is 13.1 Å². The van der Waals surface area contributed by atoms with Gasteiger partial charge in [-0.15, -0.1) is 0 Å². The Hall–Kier alpha value is -0.0400. The van der Waals surface area contributed by atoms with Crippen LogP contribution in [-0.2, 0) is 0 Å². The molecule has 0 amide bonds. The van der Waals surface area contributed by atoms with E-state index in [0.29, 0.717) is 5.41 Å². The largest absolute Gasteiger partial charge is 0.316 e. The Morgan fingerprint density at radius 1 is 1.29 bits per heavy atom. The van der Waals surface area contributed by atoms with E-state index in [-0.39, 0.29) is 0 Å². The average molecular weight is 197 g/mol. The lowest BCUT2D eigenvalue weighted by Gasteiger charge is -2.42. The van der Waals surface area contributed by atoms with Gasteiger partial charge >= 0.3 is 0 Å². The highest BCUT2D eigenvalue weighted by Gasteiger charge is 2.35. The van der Waals surface area contributed by atoms with E-state index < -0.39 is 0 Å². The number of rotatable bonds is 4. The molecule has 84 valence electrons. The molecule has 0 aromatic heterocycles. The number of hydrogen-bond acceptors (Lipinski definition) is 1. The van der Waals surface area contributed by atoms with Crippen molar-refractivity contribution in [2.24, 2.45) is 17.3 Å². The standard InChI is InChI=1S/C13H27N/c1-5-7-11-8-9-14-10-12(11)13(3,4)6-2/h11-12,14H,5-10H2,1-4H3. The minimum Gasteiger partial charge on any atom is -0.316 e. The molecule has 0 saturated carbocycles. The van der Waals surface area contributed by atoms with Gasteiger partial charge in [0.15, 0.2) is 0 Å². The zero-order valence-corrected chi connectivity index (χ0v) is 10.4. The van der Waals surface area contributed by atoms with Gasteiger partial charge in [-0.25, -0.2) is 0 Å². The zero-order chi connectivity index (χ0) is 10.6. The fourth-order valence-electron chi connectivity index (χ4n) is 2.81. The number of hydrogen-bond donors (Lipinski definition) is 1. The summed E-state index contributed by atoms with van der Waals surface area (Å²) >= 11 is 0. The molecular formula is C13H27N. The molecule has 2 unspecified atom stereocenters. The van der Waals surface area contributed by atoms with E-state index in [9.17, 15) is 0 Å². The molecule has 1 heterocycles. The summed E-state index contributed by atoms with van der Waals surface area (Å²) in [4.78, 5) is 0. The first-order valence-electron chi connectivity index (χ1n) is 6.32. The summed E-state index contributed by atoms with van der Waals surface area (Å²) in [6.07, 6.45) is 5.47. The SMILES string of the molecule is CCCC1CCNCC1C(C)(C)CC. The summed E-state index contributed by atoms with van der Waals surface area (Å²) in [7, 11) is 0. The Labute approximate surface area is 89.7 Å². The van der Waals surface area contributed by atoms with E-state index in [4.69, 9.17) is 0 Å². The summed E-state index contributed by atoms with van der Waals surface area (Å²) in [5, 5.41) is 3.56. The predicted molar refractivity (Wildman–Crippen MR) is 63.4 cm³/mol. The van der Waals surface area contributed by atoms with Crippen LogP contribution in [0.2, 0.25) is 0 Å². The molecule has 1 aliphatic heterocycles. The second-order valence-corrected chi connectivity index (χ2v) is 5.49. The van der Waals surface area contributed by atoms with Crippen LogP contribution in [0.25, 0.3) is 0 Å². The van der Waals surface area contributed by atoms with E-state index in [1.54, 1.807) is 0 Å². The van der Waals surface area contributed by atoms with Crippen molar-refractivity contribution in [1.29, 1.82) is 0 Å². The Bertz CT molecular complexity index is 161. The van der Waals surface area contributed by atoms with Gasteiger partial charge in [-0.1, -0.05) is 47.0 Å². The van der Waals surface area contributed by atoms with Crippen LogP contribution in [0.1, 0.15) is 53.4 Å². The van der Waals surface area contributed by atoms with E-state index in [1.165, 1.54) is 38.8 Å². The molecule has 1 fully saturated rings. The van der Waals surface area contributed by atoms with E-state index in [1.807, 2.05) is 0 Å². The van der Waals surface area contributed by atoms with Crippen LogP contribution in [0.3, 0.4) is 0 Å². The van der Waals surface area contributed by atoms with Gasteiger partial charge in [-0.05, 0) is 36.8 Å².